The second-order valence-electron chi connectivity index (χ2n) is 5.41. The molecule has 0 saturated carbocycles. The molecule has 0 aromatic heterocycles. The normalized spacial score (nSPS) is 21.2. The van der Waals surface area contributed by atoms with Gasteiger partial charge in [0.05, 0.1) is 21.7 Å². The molecule has 3 N–H and O–H groups in total. The molecule has 1 atom stereocenters. The van der Waals surface area contributed by atoms with Crippen molar-refractivity contribution in [3.8, 4) is 0 Å². The molecule has 0 radical (unpaired) electrons. The van der Waals surface area contributed by atoms with E-state index in [1.165, 1.54) is 18.2 Å². The van der Waals surface area contributed by atoms with E-state index in [1.807, 2.05) is 6.92 Å². The van der Waals surface area contributed by atoms with Crippen molar-refractivity contribution in [3.63, 3.8) is 0 Å². The van der Waals surface area contributed by atoms with Gasteiger partial charge in [-0.1, -0.05) is 24.9 Å². The van der Waals surface area contributed by atoms with E-state index in [9.17, 15) is 9.59 Å². The third-order valence-electron chi connectivity index (χ3n) is 3.92. The molecular weight excluding hydrogens is 292 g/mol. The van der Waals surface area contributed by atoms with Crippen molar-refractivity contribution in [2.75, 3.05) is 18.4 Å². The Hall–Kier alpha value is -1.59. The highest BCUT2D eigenvalue weighted by molar-refractivity contribution is 6.34. The van der Waals surface area contributed by atoms with E-state index in [0.29, 0.717) is 17.3 Å². The summed E-state index contributed by atoms with van der Waals surface area (Å²) < 4.78 is 0. The Morgan fingerprint density at radius 2 is 2.24 bits per heavy atom. The first-order chi connectivity index (χ1) is 9.98. The second kappa shape index (κ2) is 6.45. The number of hydrogen-bond acceptors (Lipinski definition) is 3. The molecule has 2 rings (SSSR count). The summed E-state index contributed by atoms with van der Waals surface area (Å²) in [5.74, 6) is -1.15. The number of benzene rings is 1. The van der Waals surface area contributed by atoms with E-state index in [2.05, 4.69) is 10.6 Å². The Kier molecular flexibility index (Phi) is 4.85. The maximum atomic E-state index is 12.6. The van der Waals surface area contributed by atoms with Crippen LogP contribution in [0.1, 0.15) is 36.5 Å². The van der Waals surface area contributed by atoms with Crippen LogP contribution in [0.25, 0.3) is 0 Å². The van der Waals surface area contributed by atoms with Crippen LogP contribution in [-0.4, -0.2) is 30.1 Å². The maximum Gasteiger partial charge on any atom is 0.335 e. The fourth-order valence-corrected chi connectivity index (χ4v) is 2.92. The number of carboxylic acid groups (broad SMARTS) is 1. The first-order valence-electron chi connectivity index (χ1n) is 7.03. The lowest BCUT2D eigenvalue weighted by Gasteiger charge is -2.26. The molecule has 6 heteroatoms. The van der Waals surface area contributed by atoms with Crippen LogP contribution in [0, 0.1) is 5.41 Å². The van der Waals surface area contributed by atoms with Gasteiger partial charge in [-0.3, -0.25) is 4.79 Å². The zero-order chi connectivity index (χ0) is 15.5. The maximum absolute atomic E-state index is 12.6. The van der Waals surface area contributed by atoms with Gasteiger partial charge in [0.15, 0.2) is 0 Å². The lowest BCUT2D eigenvalue weighted by Crippen LogP contribution is -2.38. The number of carbonyl (C=O) groups excluding carboxylic acids is 1. The number of carboxylic acids is 1. The Morgan fingerprint density at radius 3 is 2.81 bits per heavy atom. The molecule has 1 saturated heterocycles. The molecule has 0 aliphatic carbocycles. The van der Waals surface area contributed by atoms with E-state index in [1.54, 1.807) is 0 Å². The topological polar surface area (TPSA) is 78.4 Å². The first-order valence-corrected chi connectivity index (χ1v) is 7.41. The largest absolute Gasteiger partial charge is 0.478 e. The van der Waals surface area contributed by atoms with Gasteiger partial charge in [-0.15, -0.1) is 0 Å². The number of amides is 1. The molecule has 1 fully saturated rings. The lowest BCUT2D eigenvalue weighted by atomic mass is 9.81. The molecule has 5 nitrogen and oxygen atoms in total. The molecule has 114 valence electrons. The lowest BCUT2D eigenvalue weighted by molar-refractivity contribution is -0.125. The van der Waals surface area contributed by atoms with Crippen LogP contribution < -0.4 is 10.6 Å². The van der Waals surface area contributed by atoms with E-state index in [0.717, 1.165) is 25.8 Å². The summed E-state index contributed by atoms with van der Waals surface area (Å²) in [5, 5.41) is 15.4. The minimum absolute atomic E-state index is 0.0983. The molecular formula is C15H19ClN2O3. The average Bonchev–Trinajstić information content (AvgIpc) is 2.91. The third kappa shape index (κ3) is 3.36. The Balaban J connectivity index is 2.22. The van der Waals surface area contributed by atoms with Crippen LogP contribution >= 0.6 is 11.6 Å². The molecule has 1 amide bonds. The third-order valence-corrected chi connectivity index (χ3v) is 4.25. The zero-order valence-electron chi connectivity index (χ0n) is 11.9. The molecule has 1 aromatic carbocycles. The van der Waals surface area contributed by atoms with Crippen molar-refractivity contribution in [3.05, 3.63) is 28.8 Å². The number of anilines is 1. The van der Waals surface area contributed by atoms with Gasteiger partial charge in [-0.05, 0) is 37.6 Å². The van der Waals surface area contributed by atoms with Gasteiger partial charge in [0.25, 0.3) is 0 Å². The highest BCUT2D eigenvalue weighted by atomic mass is 35.5. The standard InChI is InChI=1S/C15H19ClN2O3/c1-2-5-15(6-7-17-9-15)14(21)18-12-8-10(13(19)20)3-4-11(12)16/h3-4,8,17H,2,5-7,9H2,1H3,(H,18,21)(H,19,20). The first kappa shape index (κ1) is 15.8. The molecule has 1 aromatic rings. The fraction of sp³-hybridized carbons (Fsp3) is 0.467. The molecule has 1 aliphatic rings. The van der Waals surface area contributed by atoms with Crippen molar-refractivity contribution in [2.24, 2.45) is 5.41 Å². The van der Waals surface area contributed by atoms with E-state index in [4.69, 9.17) is 16.7 Å². The highest BCUT2D eigenvalue weighted by Gasteiger charge is 2.40. The van der Waals surface area contributed by atoms with Crippen LogP contribution in [0.2, 0.25) is 5.02 Å². The number of nitrogens with one attached hydrogen (secondary N) is 2. The van der Waals surface area contributed by atoms with Crippen molar-refractivity contribution >= 4 is 29.2 Å². The molecule has 1 aliphatic heterocycles. The minimum Gasteiger partial charge on any atom is -0.478 e. The van der Waals surface area contributed by atoms with Crippen LogP contribution in [0.3, 0.4) is 0 Å². The van der Waals surface area contributed by atoms with E-state index < -0.39 is 11.4 Å². The van der Waals surface area contributed by atoms with Crippen molar-refractivity contribution in [1.82, 2.24) is 5.32 Å². The number of halogens is 1. The summed E-state index contributed by atoms with van der Waals surface area (Å²) in [7, 11) is 0. The molecule has 0 bridgehead atoms. The Morgan fingerprint density at radius 1 is 1.48 bits per heavy atom. The number of rotatable bonds is 5. The summed E-state index contributed by atoms with van der Waals surface area (Å²) in [4.78, 5) is 23.6. The predicted octanol–water partition coefficient (Wildman–Crippen LogP) is 2.76. The number of carbonyl (C=O) groups is 2. The van der Waals surface area contributed by atoms with Gasteiger partial charge in [-0.2, -0.15) is 0 Å². The number of hydrogen-bond donors (Lipinski definition) is 3. The molecule has 0 spiro atoms. The van der Waals surface area contributed by atoms with Crippen LogP contribution in [0.15, 0.2) is 18.2 Å². The van der Waals surface area contributed by atoms with Gasteiger partial charge in [0.2, 0.25) is 5.91 Å². The van der Waals surface area contributed by atoms with Crippen LogP contribution in [0.5, 0.6) is 0 Å². The second-order valence-corrected chi connectivity index (χ2v) is 5.82. The van der Waals surface area contributed by atoms with Crippen LogP contribution in [-0.2, 0) is 4.79 Å². The quantitative estimate of drug-likeness (QED) is 0.781. The fourth-order valence-electron chi connectivity index (χ4n) is 2.75. The van der Waals surface area contributed by atoms with Gasteiger partial charge in [-0.25, -0.2) is 4.79 Å². The Bertz CT molecular complexity index is 554. The van der Waals surface area contributed by atoms with E-state index >= 15 is 0 Å². The van der Waals surface area contributed by atoms with Gasteiger partial charge >= 0.3 is 5.97 Å². The average molecular weight is 311 g/mol. The summed E-state index contributed by atoms with van der Waals surface area (Å²) >= 11 is 6.05. The van der Waals surface area contributed by atoms with E-state index in [-0.39, 0.29) is 11.5 Å². The number of aromatic carboxylic acids is 1. The monoisotopic (exact) mass is 310 g/mol. The van der Waals surface area contributed by atoms with Crippen molar-refractivity contribution in [1.29, 1.82) is 0 Å². The van der Waals surface area contributed by atoms with Crippen molar-refractivity contribution < 1.29 is 14.7 Å². The van der Waals surface area contributed by atoms with Gasteiger partial charge < -0.3 is 15.7 Å². The van der Waals surface area contributed by atoms with Gasteiger partial charge in [0, 0.05) is 6.54 Å². The SMILES string of the molecule is CCCC1(C(=O)Nc2cc(C(=O)O)ccc2Cl)CCNC1. The summed E-state index contributed by atoms with van der Waals surface area (Å²) in [6.07, 6.45) is 2.49. The highest BCUT2D eigenvalue weighted by Crippen LogP contribution is 2.34. The van der Waals surface area contributed by atoms with Crippen molar-refractivity contribution in [2.45, 2.75) is 26.2 Å². The smallest absolute Gasteiger partial charge is 0.335 e. The predicted molar refractivity (Wildman–Crippen MR) is 81.9 cm³/mol. The summed E-state index contributed by atoms with van der Waals surface area (Å²) in [6, 6.07) is 4.30. The Labute approximate surface area is 128 Å². The summed E-state index contributed by atoms with van der Waals surface area (Å²) in [5.41, 5.74) is 0.0184. The molecule has 21 heavy (non-hydrogen) atoms. The van der Waals surface area contributed by atoms with Crippen LogP contribution in [0.4, 0.5) is 5.69 Å². The minimum atomic E-state index is -1.05. The molecule has 1 heterocycles. The van der Waals surface area contributed by atoms with Gasteiger partial charge in [0.1, 0.15) is 0 Å². The summed E-state index contributed by atoms with van der Waals surface area (Å²) in [6.45, 7) is 3.50. The zero-order valence-corrected chi connectivity index (χ0v) is 12.7. The molecule has 1 unspecified atom stereocenters.